The Kier molecular flexibility index (Phi) is 6.39. The summed E-state index contributed by atoms with van der Waals surface area (Å²) in [5.41, 5.74) is 0. The van der Waals surface area contributed by atoms with Crippen molar-refractivity contribution >= 4 is 0 Å². The van der Waals surface area contributed by atoms with Gasteiger partial charge in [-0.1, -0.05) is 13.8 Å². The lowest BCUT2D eigenvalue weighted by molar-refractivity contribution is 0.340. The molecular weight excluding hydrogens is 148 g/mol. The van der Waals surface area contributed by atoms with E-state index in [0.29, 0.717) is 6.04 Å². The molecule has 0 rings (SSSR count). The summed E-state index contributed by atoms with van der Waals surface area (Å²) in [5, 5.41) is 3.36. The minimum atomic E-state index is 0.687. The van der Waals surface area contributed by atoms with Crippen molar-refractivity contribution < 1.29 is 0 Å². The van der Waals surface area contributed by atoms with Gasteiger partial charge in [-0.05, 0) is 46.4 Å². The molecule has 0 fully saturated rings. The summed E-state index contributed by atoms with van der Waals surface area (Å²) in [7, 11) is 6.31. The zero-order valence-corrected chi connectivity index (χ0v) is 9.22. The average molecular weight is 172 g/mol. The molecule has 1 atom stereocenters. The van der Waals surface area contributed by atoms with Gasteiger partial charge >= 0.3 is 0 Å². The molecule has 1 unspecified atom stereocenters. The molecule has 0 aromatic rings. The van der Waals surface area contributed by atoms with Crippen molar-refractivity contribution in [3.05, 3.63) is 0 Å². The van der Waals surface area contributed by atoms with Crippen LogP contribution in [0.15, 0.2) is 0 Å². The molecule has 0 radical (unpaired) electrons. The van der Waals surface area contributed by atoms with E-state index in [9.17, 15) is 0 Å². The lowest BCUT2D eigenvalue weighted by Crippen LogP contribution is -2.30. The molecule has 0 aliphatic rings. The number of nitrogens with zero attached hydrogens (tertiary/aromatic N) is 1. The Labute approximate surface area is 77.3 Å². The van der Waals surface area contributed by atoms with Crippen molar-refractivity contribution in [1.82, 2.24) is 10.2 Å². The van der Waals surface area contributed by atoms with E-state index < -0.39 is 0 Å². The molecule has 0 spiro atoms. The highest BCUT2D eigenvalue weighted by atomic mass is 15.1. The van der Waals surface area contributed by atoms with Crippen LogP contribution in [0.25, 0.3) is 0 Å². The molecule has 0 aromatic heterocycles. The molecule has 74 valence electrons. The molecule has 0 bridgehead atoms. The van der Waals surface area contributed by atoms with Gasteiger partial charge in [-0.2, -0.15) is 0 Å². The molecule has 0 amide bonds. The second-order valence-corrected chi connectivity index (χ2v) is 4.21. The highest BCUT2D eigenvalue weighted by Crippen LogP contribution is 2.07. The fourth-order valence-electron chi connectivity index (χ4n) is 1.36. The van der Waals surface area contributed by atoms with E-state index in [1.54, 1.807) is 0 Å². The zero-order valence-electron chi connectivity index (χ0n) is 9.22. The van der Waals surface area contributed by atoms with Gasteiger partial charge in [-0.15, -0.1) is 0 Å². The van der Waals surface area contributed by atoms with E-state index in [2.05, 4.69) is 45.2 Å². The molecule has 0 heterocycles. The van der Waals surface area contributed by atoms with Gasteiger partial charge in [0.05, 0.1) is 0 Å². The van der Waals surface area contributed by atoms with Crippen molar-refractivity contribution in [2.45, 2.75) is 32.7 Å². The SMILES string of the molecule is CNC(CCN(C)C)CC(C)C. The third-order valence-corrected chi connectivity index (χ3v) is 2.09. The first-order valence-corrected chi connectivity index (χ1v) is 4.88. The van der Waals surface area contributed by atoms with E-state index in [-0.39, 0.29) is 0 Å². The molecule has 12 heavy (non-hydrogen) atoms. The quantitative estimate of drug-likeness (QED) is 0.654. The van der Waals surface area contributed by atoms with Crippen LogP contribution in [0.3, 0.4) is 0 Å². The van der Waals surface area contributed by atoms with E-state index in [0.717, 1.165) is 5.92 Å². The number of hydrogen-bond donors (Lipinski definition) is 1. The highest BCUT2D eigenvalue weighted by Gasteiger charge is 2.07. The first-order valence-electron chi connectivity index (χ1n) is 4.88. The van der Waals surface area contributed by atoms with Crippen LogP contribution in [0.5, 0.6) is 0 Å². The normalized spacial score (nSPS) is 14.2. The van der Waals surface area contributed by atoms with Gasteiger partial charge in [0.1, 0.15) is 0 Å². The molecule has 0 aromatic carbocycles. The first-order chi connectivity index (χ1) is 5.56. The zero-order chi connectivity index (χ0) is 9.56. The smallest absolute Gasteiger partial charge is 0.00786 e. The van der Waals surface area contributed by atoms with Gasteiger partial charge in [0.2, 0.25) is 0 Å². The summed E-state index contributed by atoms with van der Waals surface area (Å²) < 4.78 is 0. The molecule has 0 aliphatic heterocycles. The Morgan fingerprint density at radius 3 is 2.17 bits per heavy atom. The van der Waals surface area contributed by atoms with Crippen molar-refractivity contribution in [3.63, 3.8) is 0 Å². The summed E-state index contributed by atoms with van der Waals surface area (Å²) in [5.74, 6) is 0.796. The maximum Gasteiger partial charge on any atom is 0.00786 e. The highest BCUT2D eigenvalue weighted by molar-refractivity contribution is 4.67. The van der Waals surface area contributed by atoms with Crippen LogP contribution in [0, 0.1) is 5.92 Å². The van der Waals surface area contributed by atoms with Gasteiger partial charge < -0.3 is 10.2 Å². The fraction of sp³-hybridized carbons (Fsp3) is 1.00. The van der Waals surface area contributed by atoms with Crippen LogP contribution >= 0.6 is 0 Å². The summed E-state index contributed by atoms with van der Waals surface area (Å²) in [6, 6.07) is 0.687. The summed E-state index contributed by atoms with van der Waals surface area (Å²) >= 11 is 0. The third-order valence-electron chi connectivity index (χ3n) is 2.09. The fourth-order valence-corrected chi connectivity index (χ4v) is 1.36. The minimum absolute atomic E-state index is 0.687. The van der Waals surface area contributed by atoms with Crippen LogP contribution < -0.4 is 5.32 Å². The van der Waals surface area contributed by atoms with Crippen LogP contribution in [-0.2, 0) is 0 Å². The molecule has 0 saturated carbocycles. The largest absolute Gasteiger partial charge is 0.317 e. The third kappa shape index (κ3) is 6.62. The molecule has 0 aliphatic carbocycles. The van der Waals surface area contributed by atoms with Crippen molar-refractivity contribution in [2.75, 3.05) is 27.7 Å². The van der Waals surface area contributed by atoms with Gasteiger partial charge in [0.25, 0.3) is 0 Å². The van der Waals surface area contributed by atoms with Crippen LogP contribution in [0.1, 0.15) is 26.7 Å². The lowest BCUT2D eigenvalue weighted by Gasteiger charge is -2.20. The summed E-state index contributed by atoms with van der Waals surface area (Å²) in [4.78, 5) is 2.24. The number of nitrogens with one attached hydrogen (secondary N) is 1. The molecule has 2 nitrogen and oxygen atoms in total. The topological polar surface area (TPSA) is 15.3 Å². The Morgan fingerprint density at radius 1 is 1.25 bits per heavy atom. The summed E-state index contributed by atoms with van der Waals surface area (Å²) in [6.07, 6.45) is 2.53. The molecule has 0 saturated heterocycles. The van der Waals surface area contributed by atoms with Crippen molar-refractivity contribution in [1.29, 1.82) is 0 Å². The van der Waals surface area contributed by atoms with E-state index in [1.807, 2.05) is 0 Å². The molecule has 2 heteroatoms. The maximum atomic E-state index is 3.36. The van der Waals surface area contributed by atoms with E-state index in [4.69, 9.17) is 0 Å². The first kappa shape index (κ1) is 11.9. The number of rotatable bonds is 6. The van der Waals surface area contributed by atoms with Crippen LogP contribution in [0.4, 0.5) is 0 Å². The predicted octanol–water partition coefficient (Wildman–Crippen LogP) is 1.57. The van der Waals surface area contributed by atoms with Gasteiger partial charge in [-0.3, -0.25) is 0 Å². The van der Waals surface area contributed by atoms with E-state index >= 15 is 0 Å². The van der Waals surface area contributed by atoms with E-state index in [1.165, 1.54) is 19.4 Å². The second kappa shape index (κ2) is 6.44. The molecular formula is C10H24N2. The van der Waals surface area contributed by atoms with Crippen molar-refractivity contribution in [2.24, 2.45) is 5.92 Å². The van der Waals surface area contributed by atoms with Gasteiger partial charge in [0.15, 0.2) is 0 Å². The van der Waals surface area contributed by atoms with Gasteiger partial charge in [0, 0.05) is 6.04 Å². The van der Waals surface area contributed by atoms with Crippen LogP contribution in [-0.4, -0.2) is 38.6 Å². The molecule has 1 N–H and O–H groups in total. The lowest BCUT2D eigenvalue weighted by atomic mass is 10.0. The predicted molar refractivity (Wildman–Crippen MR) is 55.5 cm³/mol. The van der Waals surface area contributed by atoms with Crippen LogP contribution in [0.2, 0.25) is 0 Å². The maximum absolute atomic E-state index is 3.36. The van der Waals surface area contributed by atoms with Crippen molar-refractivity contribution in [3.8, 4) is 0 Å². The minimum Gasteiger partial charge on any atom is -0.317 e. The summed E-state index contributed by atoms with van der Waals surface area (Å²) in [6.45, 7) is 5.73. The average Bonchev–Trinajstić information content (AvgIpc) is 1.97. The Hall–Kier alpha value is -0.0800. The number of hydrogen-bond acceptors (Lipinski definition) is 2. The Balaban J connectivity index is 3.53. The second-order valence-electron chi connectivity index (χ2n) is 4.21. The standard InChI is InChI=1S/C10H24N2/c1-9(2)8-10(11-3)6-7-12(4)5/h9-11H,6-8H2,1-5H3. The Morgan fingerprint density at radius 2 is 1.83 bits per heavy atom. The Bertz CT molecular complexity index is 100. The van der Waals surface area contributed by atoms with Gasteiger partial charge in [-0.25, -0.2) is 0 Å². The monoisotopic (exact) mass is 172 g/mol.